The number of benzene rings is 2. The predicted molar refractivity (Wildman–Crippen MR) is 214 cm³/mol. The number of nitrogens with zero attached hydrogens (tertiary/aromatic N) is 4. The molecule has 1 aromatic heterocycles. The number of alkyl halides is 1. The molecular weight excluding hydrogens is 855 g/mol. The van der Waals surface area contributed by atoms with Gasteiger partial charge in [0.25, 0.3) is 11.8 Å². The van der Waals surface area contributed by atoms with E-state index in [0.717, 1.165) is 14.0 Å². The van der Waals surface area contributed by atoms with E-state index in [-0.39, 0.29) is 51.9 Å². The number of hydrogen-bond acceptors (Lipinski definition) is 9. The number of hydrogen-bond donors (Lipinski definition) is 3. The molecular formula is C40H48F2IN7O7. The highest BCUT2D eigenvalue weighted by atomic mass is 127. The number of carbonyl (C=O) groups excluding carboxylic acids is 4. The van der Waals surface area contributed by atoms with Crippen LogP contribution in [-0.4, -0.2) is 121 Å². The zero-order valence-electron chi connectivity index (χ0n) is 31.7. The normalized spacial score (nSPS) is 19.5. The zero-order chi connectivity index (χ0) is 40.3. The van der Waals surface area contributed by atoms with E-state index >= 15 is 8.78 Å². The summed E-state index contributed by atoms with van der Waals surface area (Å²) >= 11 is 2.14. The molecule has 3 N–H and O–H groups in total. The topological polar surface area (TPSA) is 156 Å². The molecule has 2 aromatic carbocycles. The van der Waals surface area contributed by atoms with Crippen molar-refractivity contribution < 1.29 is 42.2 Å². The number of aromatic nitrogens is 2. The summed E-state index contributed by atoms with van der Waals surface area (Å²) in [5.74, 6) is -1.26. The summed E-state index contributed by atoms with van der Waals surface area (Å²) in [7, 11) is 0. The minimum absolute atomic E-state index is 0.0812. The lowest BCUT2D eigenvalue weighted by molar-refractivity contribution is -0.137. The Morgan fingerprint density at radius 2 is 1.84 bits per heavy atom. The lowest BCUT2D eigenvalue weighted by Crippen LogP contribution is -2.52. The van der Waals surface area contributed by atoms with Crippen LogP contribution in [0.3, 0.4) is 0 Å². The Bertz CT molecular complexity index is 1880. The first kappa shape index (κ1) is 42.2. The van der Waals surface area contributed by atoms with Crippen LogP contribution in [0.25, 0.3) is 11.3 Å². The van der Waals surface area contributed by atoms with E-state index in [4.69, 9.17) is 19.2 Å². The van der Waals surface area contributed by atoms with Crippen molar-refractivity contribution in [1.29, 1.82) is 0 Å². The molecule has 0 radical (unpaired) electrons. The molecule has 4 atom stereocenters. The van der Waals surface area contributed by atoms with Crippen LogP contribution >= 0.6 is 22.6 Å². The molecule has 3 aromatic rings. The Kier molecular flexibility index (Phi) is 15.0. The number of imidazole rings is 1. The second kappa shape index (κ2) is 20.3. The summed E-state index contributed by atoms with van der Waals surface area (Å²) in [6, 6.07) is 12.9. The van der Waals surface area contributed by atoms with Crippen LogP contribution in [-0.2, 0) is 30.3 Å². The Morgan fingerprint density at radius 3 is 2.56 bits per heavy atom. The highest BCUT2D eigenvalue weighted by molar-refractivity contribution is 14.1. The number of urea groups is 1. The highest BCUT2D eigenvalue weighted by Gasteiger charge is 2.40. The molecule has 2 saturated heterocycles. The molecule has 3 aliphatic rings. The van der Waals surface area contributed by atoms with Crippen LogP contribution < -0.4 is 16.0 Å². The monoisotopic (exact) mass is 903 g/mol. The van der Waals surface area contributed by atoms with Gasteiger partial charge in [-0.2, -0.15) is 0 Å². The summed E-state index contributed by atoms with van der Waals surface area (Å²) in [6.45, 7) is 4.00. The van der Waals surface area contributed by atoms with E-state index in [1.807, 2.05) is 41.1 Å². The fraction of sp³-hybridized carbons (Fsp3) is 0.475. The van der Waals surface area contributed by atoms with Crippen LogP contribution in [0.1, 0.15) is 37.2 Å². The maximum atomic E-state index is 15.4. The van der Waals surface area contributed by atoms with Gasteiger partial charge in [0.05, 0.1) is 37.5 Å². The lowest BCUT2D eigenvalue weighted by atomic mass is 9.89. The summed E-state index contributed by atoms with van der Waals surface area (Å²) in [6.07, 6.45) is 3.57. The van der Waals surface area contributed by atoms with Gasteiger partial charge in [-0.3, -0.25) is 14.5 Å². The molecule has 0 aliphatic carbocycles. The maximum Gasteiger partial charge on any atom is 0.407 e. The van der Waals surface area contributed by atoms with E-state index in [1.165, 1.54) is 18.2 Å². The van der Waals surface area contributed by atoms with E-state index in [0.29, 0.717) is 56.2 Å². The van der Waals surface area contributed by atoms with Crippen LogP contribution in [0, 0.1) is 21.2 Å². The quantitative estimate of drug-likeness (QED) is 0.101. The van der Waals surface area contributed by atoms with Gasteiger partial charge in [0.1, 0.15) is 24.4 Å². The molecule has 0 unspecified atom stereocenters. The van der Waals surface area contributed by atoms with Gasteiger partial charge in [-0.05, 0) is 72.0 Å². The number of alkyl carbamates (subject to hydrolysis) is 1. The largest absolute Gasteiger partial charge is 0.447 e. The van der Waals surface area contributed by atoms with Crippen molar-refractivity contribution >= 4 is 46.5 Å². The average molecular weight is 904 g/mol. The third kappa shape index (κ3) is 11.4. The number of halogens is 3. The third-order valence-corrected chi connectivity index (χ3v) is 10.9. The number of nitrogens with one attached hydrogen (secondary N) is 3. The van der Waals surface area contributed by atoms with Crippen molar-refractivity contribution in [3.63, 3.8) is 0 Å². The fourth-order valence-electron chi connectivity index (χ4n) is 7.21. The lowest BCUT2D eigenvalue weighted by Gasteiger charge is -2.40. The van der Waals surface area contributed by atoms with Crippen molar-refractivity contribution in [3.8, 4) is 11.3 Å². The summed E-state index contributed by atoms with van der Waals surface area (Å²) in [5.41, 5.74) is 1.75. The second-order valence-electron chi connectivity index (χ2n) is 14.4. The fourth-order valence-corrected chi connectivity index (χ4v) is 7.70. The van der Waals surface area contributed by atoms with Crippen LogP contribution in [0.2, 0.25) is 0 Å². The number of ether oxygens (including phenoxy) is 3. The standard InChI is InChI=1S/C40H48F2IN7O7/c1-26(25-57-40(54)45-13-17-56-18-14-49-35(51)9-10-36(49)52)46-39(53)50(23-29-20-44-21-33(29)42)37(28-11-15-55-16-12-28)38-47-34(31-19-30(43)7-8-32(31)41)24-48(38)22-27-5-3-2-4-6-27/h2-10,19,24,26,28-29,33,37,44H,11-18,20-23,25H2,1H3,(H,45,54)(H,46,53)/t26-,29-,33-,37+/m0/s1. The summed E-state index contributed by atoms with van der Waals surface area (Å²) in [4.78, 5) is 58.1. The first-order valence-electron chi connectivity index (χ1n) is 19.2. The Morgan fingerprint density at radius 1 is 1.09 bits per heavy atom. The van der Waals surface area contributed by atoms with Crippen molar-refractivity contribution in [3.05, 3.63) is 87.7 Å². The number of amides is 5. The molecule has 14 nitrogen and oxygen atoms in total. The van der Waals surface area contributed by atoms with Gasteiger partial charge in [-0.25, -0.2) is 23.4 Å². The first-order chi connectivity index (χ1) is 27.6. The van der Waals surface area contributed by atoms with E-state index < -0.39 is 53.9 Å². The van der Waals surface area contributed by atoms with Gasteiger partial charge < -0.3 is 39.6 Å². The predicted octanol–water partition coefficient (Wildman–Crippen LogP) is 4.44. The highest BCUT2D eigenvalue weighted by Crippen LogP contribution is 2.38. The van der Waals surface area contributed by atoms with Crippen LogP contribution in [0.4, 0.5) is 18.4 Å². The number of carbonyl (C=O) groups is 4. The van der Waals surface area contributed by atoms with Gasteiger partial charge in [0.2, 0.25) is 0 Å². The third-order valence-electron chi connectivity index (χ3n) is 10.2. The molecule has 3 aliphatic heterocycles. The van der Waals surface area contributed by atoms with Gasteiger partial charge >= 0.3 is 12.1 Å². The Labute approximate surface area is 343 Å². The maximum absolute atomic E-state index is 15.4. The first-order valence-corrected chi connectivity index (χ1v) is 20.2. The van der Waals surface area contributed by atoms with E-state index in [1.54, 1.807) is 24.0 Å². The van der Waals surface area contributed by atoms with Crippen molar-refractivity contribution in [2.24, 2.45) is 11.8 Å². The summed E-state index contributed by atoms with van der Waals surface area (Å²) in [5, 5.41) is 8.66. The van der Waals surface area contributed by atoms with Crippen LogP contribution in [0.5, 0.6) is 0 Å². The van der Waals surface area contributed by atoms with Gasteiger partial charge in [0, 0.05) is 79.3 Å². The Balaban J connectivity index is 1.18. The van der Waals surface area contributed by atoms with Crippen molar-refractivity contribution in [2.75, 3.05) is 65.8 Å². The smallest absolute Gasteiger partial charge is 0.407 e. The van der Waals surface area contributed by atoms with Crippen molar-refractivity contribution in [1.82, 2.24) is 35.3 Å². The molecule has 5 amide bonds. The average Bonchev–Trinajstić information content (AvgIpc) is 3.91. The number of rotatable bonds is 17. The molecule has 17 heteroatoms. The molecule has 4 heterocycles. The summed E-state index contributed by atoms with van der Waals surface area (Å²) < 4.78 is 50.1. The number of imide groups is 1. The van der Waals surface area contributed by atoms with Gasteiger partial charge in [-0.1, -0.05) is 30.3 Å². The minimum atomic E-state index is -1.17. The molecule has 0 spiro atoms. The molecule has 2 fully saturated rings. The SMILES string of the molecule is C[C@@H](COC(=O)NCCOCCN1C(=O)C=CC1=O)NC(=O)N(C[C@@H]1CNC[C@@H]1F)[C@@H](c1nc(-c2cc(I)ccc2F)cn1Cc1ccccc1)C1CCOCC1. The molecule has 6 rings (SSSR count). The zero-order valence-corrected chi connectivity index (χ0v) is 33.9. The van der Waals surface area contributed by atoms with Gasteiger partial charge in [0.15, 0.2) is 0 Å². The van der Waals surface area contributed by atoms with E-state index in [9.17, 15) is 19.2 Å². The van der Waals surface area contributed by atoms with Crippen molar-refractivity contribution in [2.45, 2.75) is 44.6 Å². The Hall–Kier alpha value is -4.46. The minimum Gasteiger partial charge on any atom is -0.447 e. The van der Waals surface area contributed by atoms with Gasteiger partial charge in [-0.15, -0.1) is 0 Å². The molecule has 0 saturated carbocycles. The second-order valence-corrected chi connectivity index (χ2v) is 15.6. The molecule has 306 valence electrons. The molecule has 57 heavy (non-hydrogen) atoms. The molecule has 0 bridgehead atoms. The van der Waals surface area contributed by atoms with Crippen LogP contribution in [0.15, 0.2) is 66.9 Å². The van der Waals surface area contributed by atoms with E-state index in [2.05, 4.69) is 38.5 Å².